The van der Waals surface area contributed by atoms with Crippen LogP contribution in [-0.4, -0.2) is 42.3 Å². The van der Waals surface area contributed by atoms with Gasteiger partial charge in [-0.3, -0.25) is 0 Å². The first-order chi connectivity index (χ1) is 12.7. The monoisotopic (exact) mass is 350 g/mol. The molecule has 0 unspecified atom stereocenters. The molecular formula is C16H10N6O4. The van der Waals surface area contributed by atoms with Crippen LogP contribution in [0.1, 0.15) is 0 Å². The van der Waals surface area contributed by atoms with Crippen LogP contribution < -0.4 is 9.68 Å². The summed E-state index contributed by atoms with van der Waals surface area (Å²) in [5, 5.41) is 15.1. The zero-order valence-corrected chi connectivity index (χ0v) is 13.1. The highest BCUT2D eigenvalue weighted by Gasteiger charge is 2.10. The van der Waals surface area contributed by atoms with E-state index < -0.39 is 11.9 Å². The molecule has 26 heavy (non-hydrogen) atoms. The first-order valence-corrected chi connectivity index (χ1v) is 7.44. The van der Waals surface area contributed by atoms with Crippen molar-refractivity contribution < 1.29 is 19.3 Å². The summed E-state index contributed by atoms with van der Waals surface area (Å²) in [6.07, 6.45) is 1.83. The number of carbonyl (C=O) groups is 2. The summed E-state index contributed by atoms with van der Waals surface area (Å²) in [5.74, 6) is -1.64. The van der Waals surface area contributed by atoms with Gasteiger partial charge in [-0.05, 0) is 34.7 Å². The van der Waals surface area contributed by atoms with E-state index in [0.29, 0.717) is 22.1 Å². The first-order valence-electron chi connectivity index (χ1n) is 7.44. The zero-order valence-electron chi connectivity index (χ0n) is 13.1. The molecule has 2 aromatic carbocycles. The number of hydrogen-bond acceptors (Lipinski definition) is 8. The molecule has 0 saturated carbocycles. The van der Waals surface area contributed by atoms with E-state index in [1.165, 1.54) is 0 Å². The minimum Gasteiger partial charge on any atom is -0.312 e. The average molecular weight is 350 g/mol. The van der Waals surface area contributed by atoms with E-state index in [9.17, 15) is 9.59 Å². The van der Waals surface area contributed by atoms with Gasteiger partial charge in [0.2, 0.25) is 0 Å². The Bertz CT molecular complexity index is 1060. The number of hydrogen-bond donors (Lipinski definition) is 0. The number of aromatic nitrogens is 6. The highest BCUT2D eigenvalue weighted by Crippen LogP contribution is 2.09. The third-order valence-electron chi connectivity index (χ3n) is 3.35. The van der Waals surface area contributed by atoms with Gasteiger partial charge in [-0.15, -0.1) is 10.2 Å². The summed E-state index contributed by atoms with van der Waals surface area (Å²) in [5.41, 5.74) is 2.18. The van der Waals surface area contributed by atoms with Crippen LogP contribution >= 0.6 is 0 Å². The molecule has 0 aliphatic rings. The van der Waals surface area contributed by atoms with Gasteiger partial charge in [0.05, 0.1) is 0 Å². The molecule has 0 saturated heterocycles. The molecule has 0 aliphatic heterocycles. The molecule has 0 N–H and O–H groups in total. The molecule has 10 nitrogen and oxygen atoms in total. The molecule has 0 atom stereocenters. The third-order valence-corrected chi connectivity index (χ3v) is 3.35. The largest absolute Gasteiger partial charge is 0.358 e. The summed E-state index contributed by atoms with van der Waals surface area (Å²) in [6.45, 7) is 0. The molecule has 4 rings (SSSR count). The number of fused-ring (bicyclic) bond motifs is 2. The van der Waals surface area contributed by atoms with Crippen molar-refractivity contribution in [1.29, 1.82) is 0 Å². The lowest BCUT2D eigenvalue weighted by molar-refractivity contribution is -0.142. The number of para-hydroxylation sites is 2. The predicted molar refractivity (Wildman–Crippen MR) is 87.4 cm³/mol. The van der Waals surface area contributed by atoms with Crippen LogP contribution in [-0.2, 0) is 9.59 Å². The van der Waals surface area contributed by atoms with E-state index in [2.05, 4.69) is 20.6 Å². The standard InChI is InChI=1S/C16H10N6O4/c23-15(25-21-13-7-3-1-5-11(13)17-19-21)9-10-16(24)26-22-14-8-4-2-6-12(14)18-20-22/h1-10H/b10-9+. The number of carbonyl (C=O) groups excluding carboxylic acids is 2. The molecule has 4 aromatic rings. The first kappa shape index (κ1) is 15.4. The Kier molecular flexibility index (Phi) is 3.82. The lowest BCUT2D eigenvalue weighted by atomic mass is 10.3. The lowest BCUT2D eigenvalue weighted by Crippen LogP contribution is -2.21. The van der Waals surface area contributed by atoms with Crippen molar-refractivity contribution in [2.75, 3.05) is 0 Å². The molecular weight excluding hydrogens is 340 g/mol. The zero-order chi connectivity index (χ0) is 17.9. The predicted octanol–water partition coefficient (Wildman–Crippen LogP) is 0.343. The minimum atomic E-state index is -0.818. The Balaban J connectivity index is 1.42. The summed E-state index contributed by atoms with van der Waals surface area (Å²) >= 11 is 0. The van der Waals surface area contributed by atoms with Crippen molar-refractivity contribution in [3.8, 4) is 0 Å². The van der Waals surface area contributed by atoms with Gasteiger partial charge >= 0.3 is 11.9 Å². The smallest absolute Gasteiger partial charge is 0.312 e. The highest BCUT2D eigenvalue weighted by molar-refractivity contribution is 5.92. The SMILES string of the molecule is O=C(/C=C/C(=O)On1nnc2ccccc21)On1nnc2ccccc21. The maximum atomic E-state index is 11.8. The summed E-state index contributed by atoms with van der Waals surface area (Å²) in [6, 6.07) is 13.9. The van der Waals surface area contributed by atoms with E-state index in [1.807, 2.05) is 0 Å². The maximum Gasteiger partial charge on any atom is 0.358 e. The molecule has 0 radical (unpaired) electrons. The normalized spacial score (nSPS) is 11.2. The van der Waals surface area contributed by atoms with Crippen molar-refractivity contribution in [2.24, 2.45) is 0 Å². The Morgan fingerprint density at radius 3 is 1.62 bits per heavy atom. The van der Waals surface area contributed by atoms with E-state index in [1.54, 1.807) is 48.5 Å². The Morgan fingerprint density at radius 2 is 1.15 bits per heavy atom. The fourth-order valence-electron chi connectivity index (χ4n) is 2.20. The fourth-order valence-corrected chi connectivity index (χ4v) is 2.20. The summed E-state index contributed by atoms with van der Waals surface area (Å²) in [7, 11) is 0. The molecule has 0 aliphatic carbocycles. The van der Waals surface area contributed by atoms with Crippen LogP contribution in [0.5, 0.6) is 0 Å². The van der Waals surface area contributed by atoms with Gasteiger partial charge in [0, 0.05) is 12.2 Å². The molecule has 0 amide bonds. The molecule has 2 aromatic heterocycles. The van der Waals surface area contributed by atoms with Crippen LogP contribution in [0.15, 0.2) is 60.7 Å². The molecule has 128 valence electrons. The van der Waals surface area contributed by atoms with Crippen LogP contribution in [0.25, 0.3) is 22.1 Å². The second-order valence-electron chi connectivity index (χ2n) is 5.06. The van der Waals surface area contributed by atoms with E-state index in [-0.39, 0.29) is 0 Å². The number of rotatable bonds is 4. The lowest BCUT2D eigenvalue weighted by Gasteiger charge is -2.00. The van der Waals surface area contributed by atoms with Crippen molar-refractivity contribution in [3.05, 3.63) is 60.7 Å². The third kappa shape index (κ3) is 2.98. The van der Waals surface area contributed by atoms with Crippen LogP contribution in [0.4, 0.5) is 0 Å². The molecule has 0 fully saturated rings. The van der Waals surface area contributed by atoms with Crippen molar-refractivity contribution in [2.45, 2.75) is 0 Å². The summed E-state index contributed by atoms with van der Waals surface area (Å²) in [4.78, 5) is 35.6. The van der Waals surface area contributed by atoms with E-state index in [4.69, 9.17) is 9.68 Å². The topological polar surface area (TPSA) is 114 Å². The number of nitrogens with zero attached hydrogens (tertiary/aromatic N) is 6. The van der Waals surface area contributed by atoms with E-state index in [0.717, 1.165) is 21.8 Å². The van der Waals surface area contributed by atoms with Gasteiger partial charge in [-0.25, -0.2) is 9.59 Å². The van der Waals surface area contributed by atoms with Crippen LogP contribution in [0.3, 0.4) is 0 Å². The molecule has 0 spiro atoms. The minimum absolute atomic E-state index is 0.519. The Hall–Kier alpha value is -4.08. The Morgan fingerprint density at radius 1 is 0.731 bits per heavy atom. The van der Waals surface area contributed by atoms with Gasteiger partial charge in [0.1, 0.15) is 22.1 Å². The van der Waals surface area contributed by atoms with Gasteiger partial charge in [0.25, 0.3) is 0 Å². The number of benzene rings is 2. The quantitative estimate of drug-likeness (QED) is 0.382. The maximum absolute atomic E-state index is 11.8. The second kappa shape index (κ2) is 6.43. The average Bonchev–Trinajstić information content (AvgIpc) is 3.25. The molecule has 2 heterocycles. The Labute approximate surface area is 145 Å². The molecule has 0 bridgehead atoms. The van der Waals surface area contributed by atoms with Crippen molar-refractivity contribution in [3.63, 3.8) is 0 Å². The summed E-state index contributed by atoms with van der Waals surface area (Å²) < 4.78 is 0. The van der Waals surface area contributed by atoms with Gasteiger partial charge in [0.15, 0.2) is 0 Å². The fraction of sp³-hybridized carbons (Fsp3) is 0. The van der Waals surface area contributed by atoms with Crippen LogP contribution in [0, 0.1) is 0 Å². The van der Waals surface area contributed by atoms with Crippen molar-refractivity contribution in [1.82, 2.24) is 30.3 Å². The van der Waals surface area contributed by atoms with Crippen molar-refractivity contribution >= 4 is 34.0 Å². The van der Waals surface area contributed by atoms with Crippen LogP contribution in [0.2, 0.25) is 0 Å². The van der Waals surface area contributed by atoms with Gasteiger partial charge in [-0.2, -0.15) is 0 Å². The second-order valence-corrected chi connectivity index (χ2v) is 5.06. The van der Waals surface area contributed by atoms with Gasteiger partial charge < -0.3 is 9.68 Å². The highest BCUT2D eigenvalue weighted by atomic mass is 16.7. The van der Waals surface area contributed by atoms with Gasteiger partial charge in [-0.1, -0.05) is 34.0 Å². The molecule has 10 heteroatoms. The van der Waals surface area contributed by atoms with E-state index >= 15 is 0 Å².